The van der Waals surface area contributed by atoms with Crippen LogP contribution in [0.25, 0.3) is 0 Å². The van der Waals surface area contributed by atoms with E-state index in [1.54, 1.807) is 6.07 Å². The number of alkyl halides is 3. The van der Waals surface area contributed by atoms with Gasteiger partial charge in [-0.3, -0.25) is 4.79 Å². The van der Waals surface area contributed by atoms with Gasteiger partial charge in [-0.05, 0) is 59.1 Å². The third-order valence-corrected chi connectivity index (χ3v) is 4.50. The number of nitrogens with zero attached hydrogens (tertiary/aromatic N) is 2. The first-order valence-electron chi connectivity index (χ1n) is 7.89. The van der Waals surface area contributed by atoms with E-state index in [1.807, 2.05) is 0 Å². The minimum absolute atomic E-state index is 0.109. The van der Waals surface area contributed by atoms with Crippen LogP contribution in [0.1, 0.15) is 23.2 Å². The van der Waals surface area contributed by atoms with Crippen molar-refractivity contribution >= 4 is 44.9 Å². The minimum atomic E-state index is -3.78. The SMILES string of the molecule is O=C(Nc1ccc(OC(F)(F)Cl)cc1)c1cnc(N2CCCC2)c(Br)c1. The molecular weight excluding hydrogens is 432 g/mol. The van der Waals surface area contributed by atoms with Crippen LogP contribution in [-0.2, 0) is 0 Å². The van der Waals surface area contributed by atoms with Crippen molar-refractivity contribution in [2.75, 3.05) is 23.3 Å². The van der Waals surface area contributed by atoms with E-state index in [9.17, 15) is 13.6 Å². The maximum atomic E-state index is 12.6. The Hall–Kier alpha value is -1.93. The third kappa shape index (κ3) is 4.82. The summed E-state index contributed by atoms with van der Waals surface area (Å²) in [7, 11) is 0. The van der Waals surface area contributed by atoms with Crippen LogP contribution in [0.15, 0.2) is 41.0 Å². The van der Waals surface area contributed by atoms with E-state index in [0.29, 0.717) is 11.3 Å². The van der Waals surface area contributed by atoms with E-state index in [0.717, 1.165) is 36.2 Å². The number of pyridine rings is 1. The topological polar surface area (TPSA) is 54.5 Å². The zero-order valence-electron chi connectivity index (χ0n) is 13.5. The molecular formula is C17H15BrClF2N3O2. The summed E-state index contributed by atoms with van der Waals surface area (Å²) >= 11 is 8.17. The van der Waals surface area contributed by atoms with Crippen LogP contribution in [0.3, 0.4) is 0 Å². The number of hydrogen-bond donors (Lipinski definition) is 1. The molecule has 0 bridgehead atoms. The van der Waals surface area contributed by atoms with Crippen molar-refractivity contribution < 1.29 is 18.3 Å². The molecule has 3 rings (SSSR count). The summed E-state index contributed by atoms with van der Waals surface area (Å²) in [4.78, 5) is 18.9. The van der Waals surface area contributed by atoms with Crippen LogP contribution in [0.5, 0.6) is 5.75 Å². The molecule has 2 aromatic rings. The lowest BCUT2D eigenvalue weighted by atomic mass is 10.2. The molecule has 138 valence electrons. The number of halogens is 4. The van der Waals surface area contributed by atoms with Crippen LogP contribution in [0.2, 0.25) is 0 Å². The van der Waals surface area contributed by atoms with Gasteiger partial charge in [0.25, 0.3) is 5.91 Å². The molecule has 26 heavy (non-hydrogen) atoms. The Bertz CT molecular complexity index is 794. The highest BCUT2D eigenvalue weighted by Gasteiger charge is 2.27. The normalized spacial score (nSPS) is 14.4. The Morgan fingerprint density at radius 3 is 2.50 bits per heavy atom. The number of benzene rings is 1. The maximum absolute atomic E-state index is 12.6. The Kier molecular flexibility index (Phi) is 5.62. The molecule has 1 aliphatic heterocycles. The van der Waals surface area contributed by atoms with Gasteiger partial charge < -0.3 is 15.0 Å². The number of carbonyl (C=O) groups is 1. The van der Waals surface area contributed by atoms with E-state index >= 15 is 0 Å². The van der Waals surface area contributed by atoms with Gasteiger partial charge in [-0.25, -0.2) is 4.98 Å². The standard InChI is InChI=1S/C17H15BrClF2N3O2/c18-14-9-11(10-22-15(14)24-7-1-2-8-24)16(25)23-12-3-5-13(6-4-12)26-17(19,20)21/h3-6,9-10H,1-2,7-8H2,(H,23,25). The Balaban J connectivity index is 1.67. The lowest BCUT2D eigenvalue weighted by Crippen LogP contribution is -2.20. The van der Waals surface area contributed by atoms with Gasteiger partial charge in [-0.15, -0.1) is 8.78 Å². The van der Waals surface area contributed by atoms with Gasteiger partial charge in [0.1, 0.15) is 11.6 Å². The second-order valence-electron chi connectivity index (χ2n) is 5.75. The van der Waals surface area contributed by atoms with Crippen LogP contribution < -0.4 is 15.0 Å². The summed E-state index contributed by atoms with van der Waals surface area (Å²) < 4.78 is 30.1. The fourth-order valence-corrected chi connectivity index (χ4v) is 3.35. The van der Waals surface area contributed by atoms with Gasteiger partial charge in [0, 0.05) is 36.6 Å². The van der Waals surface area contributed by atoms with E-state index < -0.39 is 5.57 Å². The van der Waals surface area contributed by atoms with Crippen molar-refractivity contribution in [3.05, 3.63) is 46.6 Å². The number of amides is 1. The fraction of sp³-hybridized carbons (Fsp3) is 0.294. The van der Waals surface area contributed by atoms with Crippen molar-refractivity contribution in [2.45, 2.75) is 18.4 Å². The zero-order chi connectivity index (χ0) is 18.7. The highest BCUT2D eigenvalue weighted by Crippen LogP contribution is 2.28. The smallest absolute Gasteiger partial charge is 0.420 e. The quantitative estimate of drug-likeness (QED) is 0.666. The second kappa shape index (κ2) is 7.75. The molecule has 5 nitrogen and oxygen atoms in total. The first kappa shape index (κ1) is 18.8. The van der Waals surface area contributed by atoms with Crippen molar-refractivity contribution in [1.82, 2.24) is 4.98 Å². The van der Waals surface area contributed by atoms with E-state index in [1.165, 1.54) is 30.5 Å². The van der Waals surface area contributed by atoms with Gasteiger partial charge in [-0.1, -0.05) is 0 Å². The van der Waals surface area contributed by atoms with E-state index in [4.69, 9.17) is 11.6 Å². The molecule has 0 spiro atoms. The molecule has 1 saturated heterocycles. The number of hydrogen-bond acceptors (Lipinski definition) is 4. The minimum Gasteiger partial charge on any atom is -0.420 e. The molecule has 1 aliphatic rings. The van der Waals surface area contributed by atoms with E-state index in [-0.39, 0.29) is 11.7 Å². The molecule has 1 fully saturated rings. The summed E-state index contributed by atoms with van der Waals surface area (Å²) in [6.45, 7) is 1.90. The van der Waals surface area contributed by atoms with Crippen molar-refractivity contribution in [2.24, 2.45) is 0 Å². The van der Waals surface area contributed by atoms with Crippen LogP contribution in [0, 0.1) is 0 Å². The number of aromatic nitrogens is 1. The highest BCUT2D eigenvalue weighted by atomic mass is 79.9. The molecule has 0 aliphatic carbocycles. The lowest BCUT2D eigenvalue weighted by molar-refractivity contribution is -0.0964. The summed E-state index contributed by atoms with van der Waals surface area (Å²) in [6.07, 6.45) is 3.77. The average Bonchev–Trinajstić information content (AvgIpc) is 3.09. The maximum Gasteiger partial charge on any atom is 0.487 e. The third-order valence-electron chi connectivity index (χ3n) is 3.84. The zero-order valence-corrected chi connectivity index (χ0v) is 15.9. The second-order valence-corrected chi connectivity index (χ2v) is 7.04. The Morgan fingerprint density at radius 1 is 1.27 bits per heavy atom. The van der Waals surface area contributed by atoms with Gasteiger partial charge >= 0.3 is 5.57 Å². The van der Waals surface area contributed by atoms with E-state index in [2.05, 4.69) is 35.9 Å². The molecule has 0 radical (unpaired) electrons. The molecule has 1 aromatic carbocycles. The molecule has 0 unspecified atom stereocenters. The predicted octanol–water partition coefficient (Wildman–Crippen LogP) is 4.86. The Morgan fingerprint density at radius 2 is 1.92 bits per heavy atom. The molecule has 0 atom stereocenters. The van der Waals surface area contributed by atoms with Gasteiger partial charge in [0.05, 0.1) is 10.0 Å². The summed E-state index contributed by atoms with van der Waals surface area (Å²) in [5.41, 5.74) is -2.97. The van der Waals surface area contributed by atoms with Crippen LogP contribution in [-0.4, -0.2) is 29.5 Å². The lowest BCUT2D eigenvalue weighted by Gasteiger charge is -2.18. The Labute approximate surface area is 162 Å². The first-order valence-corrected chi connectivity index (χ1v) is 9.06. The van der Waals surface area contributed by atoms with Crippen molar-refractivity contribution in [3.63, 3.8) is 0 Å². The predicted molar refractivity (Wildman–Crippen MR) is 99.2 cm³/mol. The van der Waals surface area contributed by atoms with Gasteiger partial charge in [0.15, 0.2) is 0 Å². The van der Waals surface area contributed by atoms with Crippen LogP contribution >= 0.6 is 27.5 Å². The molecule has 0 saturated carbocycles. The largest absolute Gasteiger partial charge is 0.487 e. The number of ether oxygens (including phenoxy) is 1. The molecule has 1 aromatic heterocycles. The molecule has 1 amide bonds. The summed E-state index contributed by atoms with van der Waals surface area (Å²) in [5, 5.41) is 2.68. The first-order chi connectivity index (χ1) is 12.3. The number of carbonyl (C=O) groups excluding carboxylic acids is 1. The number of anilines is 2. The van der Waals surface area contributed by atoms with Crippen LogP contribution in [0.4, 0.5) is 20.3 Å². The van der Waals surface area contributed by atoms with Crippen molar-refractivity contribution in [3.8, 4) is 5.75 Å². The average molecular weight is 447 g/mol. The summed E-state index contributed by atoms with van der Waals surface area (Å²) in [6, 6.07) is 7.17. The number of rotatable bonds is 5. The van der Waals surface area contributed by atoms with Crippen molar-refractivity contribution in [1.29, 1.82) is 0 Å². The molecule has 2 heterocycles. The fourth-order valence-electron chi connectivity index (χ4n) is 2.66. The molecule has 9 heteroatoms. The monoisotopic (exact) mass is 445 g/mol. The number of nitrogens with one attached hydrogen (secondary N) is 1. The van der Waals surface area contributed by atoms with Gasteiger partial charge in [-0.2, -0.15) is 0 Å². The van der Waals surface area contributed by atoms with Gasteiger partial charge in [0.2, 0.25) is 0 Å². The molecule has 1 N–H and O–H groups in total. The summed E-state index contributed by atoms with van der Waals surface area (Å²) in [5.74, 6) is 0.354. The highest BCUT2D eigenvalue weighted by molar-refractivity contribution is 9.10.